The summed E-state index contributed by atoms with van der Waals surface area (Å²) < 4.78 is 5.10. The summed E-state index contributed by atoms with van der Waals surface area (Å²) in [5.41, 5.74) is 3.23. The lowest BCUT2D eigenvalue weighted by Crippen LogP contribution is -2.25. The van der Waals surface area contributed by atoms with Gasteiger partial charge < -0.3 is 15.1 Å². The normalized spacial score (nSPS) is 10.4. The molecule has 0 aliphatic rings. The average Bonchev–Trinajstić information content (AvgIpc) is 3.22. The lowest BCUT2D eigenvalue weighted by Gasteiger charge is -2.10. The molecule has 0 spiro atoms. The quantitative estimate of drug-likeness (QED) is 0.619. The van der Waals surface area contributed by atoms with Gasteiger partial charge in [0.25, 0.3) is 11.8 Å². The average molecular weight is 362 g/mol. The van der Waals surface area contributed by atoms with Gasteiger partial charge >= 0.3 is 0 Å². The molecule has 0 radical (unpaired) electrons. The van der Waals surface area contributed by atoms with Crippen LogP contribution < -0.4 is 10.6 Å². The predicted octanol–water partition coefficient (Wildman–Crippen LogP) is 4.20. The molecule has 1 heterocycles. The van der Waals surface area contributed by atoms with Crippen LogP contribution in [0.25, 0.3) is 0 Å². The monoisotopic (exact) mass is 362 g/mol. The predicted molar refractivity (Wildman–Crippen MR) is 105 cm³/mol. The molecule has 1 aromatic heterocycles. The molecule has 138 valence electrons. The molecule has 0 aliphatic heterocycles. The third-order valence-electron chi connectivity index (χ3n) is 4.26. The molecule has 5 nitrogen and oxygen atoms in total. The molecule has 2 amide bonds. The number of benzene rings is 2. The summed E-state index contributed by atoms with van der Waals surface area (Å²) in [6, 6.07) is 18.7. The number of carbonyl (C=O) groups is 2. The highest BCUT2D eigenvalue weighted by molar-refractivity contribution is 6.03. The summed E-state index contributed by atoms with van der Waals surface area (Å²) in [5.74, 6) is -0.273. The zero-order valence-electron chi connectivity index (χ0n) is 15.2. The summed E-state index contributed by atoms with van der Waals surface area (Å²) >= 11 is 0. The van der Waals surface area contributed by atoms with Crippen molar-refractivity contribution in [1.29, 1.82) is 0 Å². The number of nitrogens with one attached hydrogen (secondary N) is 2. The molecule has 5 heteroatoms. The lowest BCUT2D eigenvalue weighted by molar-refractivity contribution is 0.0951. The Balaban J connectivity index is 1.56. The second kappa shape index (κ2) is 8.85. The van der Waals surface area contributed by atoms with Crippen LogP contribution in [0.5, 0.6) is 0 Å². The van der Waals surface area contributed by atoms with Gasteiger partial charge in [-0.15, -0.1) is 0 Å². The highest BCUT2D eigenvalue weighted by atomic mass is 16.3. The van der Waals surface area contributed by atoms with Crippen LogP contribution in [0.3, 0.4) is 0 Å². The molecule has 2 N–H and O–H groups in total. The van der Waals surface area contributed by atoms with E-state index in [0.29, 0.717) is 17.8 Å². The Morgan fingerprint density at radius 1 is 0.963 bits per heavy atom. The Morgan fingerprint density at radius 2 is 1.78 bits per heavy atom. The first-order valence-electron chi connectivity index (χ1n) is 8.91. The maximum Gasteiger partial charge on any atom is 0.291 e. The van der Waals surface area contributed by atoms with Gasteiger partial charge in [0.1, 0.15) is 0 Å². The molecule has 0 atom stereocenters. The van der Waals surface area contributed by atoms with Crippen LogP contribution >= 0.6 is 0 Å². The van der Waals surface area contributed by atoms with Crippen molar-refractivity contribution in [3.63, 3.8) is 0 Å². The summed E-state index contributed by atoms with van der Waals surface area (Å²) in [7, 11) is 0. The minimum absolute atomic E-state index is 0.156. The van der Waals surface area contributed by atoms with E-state index in [1.54, 1.807) is 24.3 Å². The van der Waals surface area contributed by atoms with Crippen molar-refractivity contribution in [2.75, 3.05) is 11.9 Å². The number of aryl methyl sites for hydroxylation is 2. The van der Waals surface area contributed by atoms with Crippen LogP contribution in [0.4, 0.5) is 5.69 Å². The van der Waals surface area contributed by atoms with Gasteiger partial charge in [0.2, 0.25) is 0 Å². The SMILES string of the molecule is Cc1ccc(C(=O)NCCCc2ccccc2)cc1NC(=O)c1ccco1. The van der Waals surface area contributed by atoms with E-state index in [4.69, 9.17) is 4.42 Å². The van der Waals surface area contributed by atoms with Crippen LogP contribution in [0.1, 0.15) is 38.5 Å². The van der Waals surface area contributed by atoms with E-state index in [1.165, 1.54) is 11.8 Å². The number of amides is 2. The Morgan fingerprint density at radius 3 is 2.52 bits per heavy atom. The topological polar surface area (TPSA) is 71.3 Å². The van der Waals surface area contributed by atoms with Gasteiger partial charge in [0.15, 0.2) is 5.76 Å². The van der Waals surface area contributed by atoms with Gasteiger partial charge in [-0.1, -0.05) is 36.4 Å². The second-order valence-electron chi connectivity index (χ2n) is 6.31. The van der Waals surface area contributed by atoms with E-state index in [9.17, 15) is 9.59 Å². The van der Waals surface area contributed by atoms with Gasteiger partial charge in [-0.2, -0.15) is 0 Å². The van der Waals surface area contributed by atoms with Gasteiger partial charge in [0.05, 0.1) is 6.26 Å². The highest BCUT2D eigenvalue weighted by Gasteiger charge is 2.12. The summed E-state index contributed by atoms with van der Waals surface area (Å²) in [6.45, 7) is 2.47. The first-order valence-corrected chi connectivity index (χ1v) is 8.91. The molecule has 3 rings (SSSR count). The number of hydrogen-bond donors (Lipinski definition) is 2. The number of hydrogen-bond acceptors (Lipinski definition) is 3. The summed E-state index contributed by atoms with van der Waals surface area (Å²) in [6.07, 6.45) is 3.23. The first-order chi connectivity index (χ1) is 13.1. The largest absolute Gasteiger partial charge is 0.459 e. The number of carbonyl (C=O) groups excluding carboxylic acids is 2. The van der Waals surface area contributed by atoms with Crippen molar-refractivity contribution in [2.24, 2.45) is 0 Å². The zero-order chi connectivity index (χ0) is 19.1. The molecule has 0 fully saturated rings. The van der Waals surface area contributed by atoms with E-state index in [0.717, 1.165) is 18.4 Å². The Hall–Kier alpha value is -3.34. The van der Waals surface area contributed by atoms with Gasteiger partial charge in [-0.3, -0.25) is 9.59 Å². The third-order valence-corrected chi connectivity index (χ3v) is 4.26. The van der Waals surface area contributed by atoms with Gasteiger partial charge in [-0.05, 0) is 55.2 Å². The molecular formula is C22H22N2O3. The van der Waals surface area contributed by atoms with E-state index >= 15 is 0 Å². The van der Waals surface area contributed by atoms with Crippen LogP contribution in [-0.2, 0) is 6.42 Å². The fourth-order valence-electron chi connectivity index (χ4n) is 2.73. The number of anilines is 1. The molecule has 3 aromatic rings. The molecule has 0 unspecified atom stereocenters. The Kier molecular flexibility index (Phi) is 6.05. The van der Waals surface area contributed by atoms with Crippen molar-refractivity contribution < 1.29 is 14.0 Å². The summed E-state index contributed by atoms with van der Waals surface area (Å²) in [5, 5.41) is 5.71. The van der Waals surface area contributed by atoms with Crippen LogP contribution in [0.15, 0.2) is 71.3 Å². The minimum atomic E-state index is -0.344. The fourth-order valence-corrected chi connectivity index (χ4v) is 2.73. The van der Waals surface area contributed by atoms with Crippen LogP contribution in [0, 0.1) is 6.92 Å². The molecular weight excluding hydrogens is 340 g/mol. The van der Waals surface area contributed by atoms with E-state index in [-0.39, 0.29) is 17.6 Å². The van der Waals surface area contributed by atoms with Crippen molar-refractivity contribution >= 4 is 17.5 Å². The van der Waals surface area contributed by atoms with Crippen LogP contribution in [0.2, 0.25) is 0 Å². The van der Waals surface area contributed by atoms with Gasteiger partial charge in [0, 0.05) is 17.8 Å². The van der Waals surface area contributed by atoms with E-state index < -0.39 is 0 Å². The van der Waals surface area contributed by atoms with Gasteiger partial charge in [-0.25, -0.2) is 0 Å². The van der Waals surface area contributed by atoms with E-state index in [2.05, 4.69) is 22.8 Å². The highest BCUT2D eigenvalue weighted by Crippen LogP contribution is 2.18. The minimum Gasteiger partial charge on any atom is -0.459 e. The van der Waals surface area contributed by atoms with Crippen molar-refractivity contribution in [2.45, 2.75) is 19.8 Å². The fraction of sp³-hybridized carbons (Fsp3) is 0.182. The Labute approximate surface area is 158 Å². The summed E-state index contributed by atoms with van der Waals surface area (Å²) in [4.78, 5) is 24.5. The third kappa shape index (κ3) is 5.07. The second-order valence-corrected chi connectivity index (χ2v) is 6.31. The van der Waals surface area contributed by atoms with Crippen molar-refractivity contribution in [3.8, 4) is 0 Å². The molecule has 0 saturated carbocycles. The molecule has 2 aromatic carbocycles. The first kappa shape index (κ1) is 18.5. The van der Waals surface area contributed by atoms with Crippen molar-refractivity contribution in [1.82, 2.24) is 5.32 Å². The number of furan rings is 1. The lowest BCUT2D eigenvalue weighted by atomic mass is 10.1. The standard InChI is InChI=1S/C22H22N2O3/c1-16-11-12-18(15-19(16)24-22(26)20-10-6-14-27-20)21(25)23-13-5-9-17-7-3-2-4-8-17/h2-4,6-8,10-12,14-15H,5,9,13H2,1H3,(H,23,25)(H,24,26). The van der Waals surface area contributed by atoms with Crippen LogP contribution in [-0.4, -0.2) is 18.4 Å². The molecule has 0 saturated heterocycles. The van der Waals surface area contributed by atoms with E-state index in [1.807, 2.05) is 31.2 Å². The molecule has 27 heavy (non-hydrogen) atoms. The molecule has 0 bridgehead atoms. The Bertz CT molecular complexity index is 903. The maximum absolute atomic E-state index is 12.4. The smallest absolute Gasteiger partial charge is 0.291 e. The maximum atomic E-state index is 12.4. The van der Waals surface area contributed by atoms with Crippen molar-refractivity contribution in [3.05, 3.63) is 89.4 Å². The number of rotatable bonds is 7. The zero-order valence-corrected chi connectivity index (χ0v) is 15.2. The molecule has 0 aliphatic carbocycles.